The van der Waals surface area contributed by atoms with Gasteiger partial charge in [0.1, 0.15) is 5.54 Å². The standard InChI is InChI=1S/C24H25N5OS2/c1-16(2)19-10-11-25-22(26-19)29-13-18-14-32-23(27-21(30)17-7-4-3-5-8-17)28-24(18,15-29)20-9-6-12-31-20/h3-12,16,18H,13-15H2,1-2H3,(H,27,28,30). The van der Waals surface area contributed by atoms with Gasteiger partial charge in [0.25, 0.3) is 5.91 Å². The van der Waals surface area contributed by atoms with Gasteiger partial charge in [0.15, 0.2) is 5.17 Å². The monoisotopic (exact) mass is 463 g/mol. The highest BCUT2D eigenvalue weighted by atomic mass is 32.2. The van der Waals surface area contributed by atoms with E-state index < -0.39 is 5.54 Å². The summed E-state index contributed by atoms with van der Waals surface area (Å²) >= 11 is 3.34. The van der Waals surface area contributed by atoms with E-state index in [4.69, 9.17) is 9.98 Å². The topological polar surface area (TPSA) is 70.5 Å². The van der Waals surface area contributed by atoms with E-state index in [-0.39, 0.29) is 5.91 Å². The molecule has 1 saturated heterocycles. The number of nitrogens with zero attached hydrogens (tertiary/aromatic N) is 4. The molecule has 32 heavy (non-hydrogen) atoms. The Morgan fingerprint density at radius 1 is 1.19 bits per heavy atom. The average Bonchev–Trinajstić information content (AvgIpc) is 3.48. The first-order chi connectivity index (χ1) is 15.5. The number of aliphatic imine (C=N–C) groups is 1. The second kappa shape index (κ2) is 8.67. The minimum absolute atomic E-state index is 0.126. The van der Waals surface area contributed by atoms with Crippen molar-refractivity contribution < 1.29 is 4.79 Å². The number of amides is 1. The smallest absolute Gasteiger partial charge is 0.257 e. The maximum Gasteiger partial charge on any atom is 0.257 e. The molecule has 1 amide bonds. The predicted molar refractivity (Wildman–Crippen MR) is 132 cm³/mol. The number of thiophene rings is 1. The number of hydrogen-bond donors (Lipinski definition) is 1. The lowest BCUT2D eigenvalue weighted by atomic mass is 9.87. The Morgan fingerprint density at radius 2 is 2.03 bits per heavy atom. The minimum atomic E-state index is -0.407. The van der Waals surface area contributed by atoms with Crippen LogP contribution in [0.15, 0.2) is 65.1 Å². The number of thioether (sulfide) groups is 1. The van der Waals surface area contributed by atoms with Crippen molar-refractivity contribution in [3.8, 4) is 0 Å². The first-order valence-corrected chi connectivity index (χ1v) is 12.6. The summed E-state index contributed by atoms with van der Waals surface area (Å²) in [6.45, 7) is 5.83. The van der Waals surface area contributed by atoms with Crippen molar-refractivity contribution in [2.75, 3.05) is 23.7 Å². The molecule has 2 aromatic heterocycles. The van der Waals surface area contributed by atoms with Crippen LogP contribution in [0.3, 0.4) is 0 Å². The Bertz CT molecular complexity index is 1130. The second-order valence-electron chi connectivity index (χ2n) is 8.46. The molecule has 164 valence electrons. The summed E-state index contributed by atoms with van der Waals surface area (Å²) in [5.74, 6) is 2.18. The number of anilines is 1. The van der Waals surface area contributed by atoms with Crippen LogP contribution in [0.5, 0.6) is 0 Å². The molecule has 2 aliphatic heterocycles. The van der Waals surface area contributed by atoms with Gasteiger partial charge in [-0.3, -0.25) is 4.79 Å². The largest absolute Gasteiger partial charge is 0.338 e. The maximum absolute atomic E-state index is 12.7. The molecule has 6 nitrogen and oxygen atoms in total. The number of fused-ring (bicyclic) bond motifs is 1. The summed E-state index contributed by atoms with van der Waals surface area (Å²) in [4.78, 5) is 30.8. The summed E-state index contributed by atoms with van der Waals surface area (Å²) in [6.07, 6.45) is 1.85. The molecule has 4 heterocycles. The van der Waals surface area contributed by atoms with E-state index in [1.54, 1.807) is 23.1 Å². The fraction of sp³-hybridized carbons (Fsp3) is 0.333. The lowest BCUT2D eigenvalue weighted by molar-refractivity contribution is 0.0977. The van der Waals surface area contributed by atoms with E-state index in [2.05, 4.69) is 46.6 Å². The van der Waals surface area contributed by atoms with Gasteiger partial charge in [-0.2, -0.15) is 0 Å². The third-order valence-corrected chi connectivity index (χ3v) is 8.09. The van der Waals surface area contributed by atoms with Crippen LogP contribution < -0.4 is 10.2 Å². The van der Waals surface area contributed by atoms with Crippen molar-refractivity contribution >= 4 is 40.1 Å². The average molecular weight is 464 g/mol. The van der Waals surface area contributed by atoms with Crippen LogP contribution in [0, 0.1) is 5.92 Å². The van der Waals surface area contributed by atoms with Crippen LogP contribution in [0.2, 0.25) is 0 Å². The lowest BCUT2D eigenvalue weighted by Gasteiger charge is -2.34. The fourth-order valence-corrected chi connectivity index (χ4v) is 6.36. The number of rotatable bonds is 4. The van der Waals surface area contributed by atoms with E-state index in [0.717, 1.165) is 23.9 Å². The second-order valence-corrected chi connectivity index (χ2v) is 10.4. The molecule has 0 radical (unpaired) electrons. The molecule has 0 bridgehead atoms. The van der Waals surface area contributed by atoms with Gasteiger partial charge in [-0.05, 0) is 35.6 Å². The van der Waals surface area contributed by atoms with Crippen LogP contribution >= 0.6 is 23.1 Å². The van der Waals surface area contributed by atoms with Crippen LogP contribution in [0.25, 0.3) is 0 Å². The molecule has 5 rings (SSSR count). The van der Waals surface area contributed by atoms with Gasteiger partial charge in [-0.15, -0.1) is 11.3 Å². The molecular weight excluding hydrogens is 438 g/mol. The minimum Gasteiger partial charge on any atom is -0.338 e. The van der Waals surface area contributed by atoms with E-state index in [0.29, 0.717) is 29.1 Å². The highest BCUT2D eigenvalue weighted by Gasteiger charge is 2.51. The van der Waals surface area contributed by atoms with Crippen molar-refractivity contribution in [3.05, 3.63) is 76.2 Å². The Balaban J connectivity index is 1.47. The number of carbonyl (C=O) groups is 1. The van der Waals surface area contributed by atoms with Crippen molar-refractivity contribution in [3.63, 3.8) is 0 Å². The summed E-state index contributed by atoms with van der Waals surface area (Å²) in [5.41, 5.74) is 1.27. The highest BCUT2D eigenvalue weighted by Crippen LogP contribution is 2.47. The summed E-state index contributed by atoms with van der Waals surface area (Å²) in [7, 11) is 0. The van der Waals surface area contributed by atoms with Crippen LogP contribution in [-0.4, -0.2) is 39.9 Å². The van der Waals surface area contributed by atoms with Crippen molar-refractivity contribution in [1.29, 1.82) is 0 Å². The van der Waals surface area contributed by atoms with Crippen LogP contribution in [0.4, 0.5) is 5.95 Å². The van der Waals surface area contributed by atoms with E-state index >= 15 is 0 Å². The highest BCUT2D eigenvalue weighted by molar-refractivity contribution is 8.13. The normalized spacial score (nSPS) is 22.5. The predicted octanol–water partition coefficient (Wildman–Crippen LogP) is 4.53. The third kappa shape index (κ3) is 3.93. The van der Waals surface area contributed by atoms with Gasteiger partial charge in [-0.1, -0.05) is 49.9 Å². The Labute approximate surface area is 196 Å². The molecule has 1 fully saturated rings. The summed E-state index contributed by atoms with van der Waals surface area (Å²) < 4.78 is 0. The molecule has 2 atom stereocenters. The number of amidine groups is 1. The molecule has 2 unspecified atom stereocenters. The first kappa shape index (κ1) is 21.2. The van der Waals surface area contributed by atoms with Crippen molar-refractivity contribution in [2.24, 2.45) is 10.9 Å². The number of benzene rings is 1. The number of nitrogens with one attached hydrogen (secondary N) is 1. The lowest BCUT2D eigenvalue weighted by Crippen LogP contribution is -2.42. The van der Waals surface area contributed by atoms with Gasteiger partial charge in [-0.25, -0.2) is 15.0 Å². The first-order valence-electron chi connectivity index (χ1n) is 10.8. The zero-order valence-electron chi connectivity index (χ0n) is 18.1. The zero-order valence-corrected chi connectivity index (χ0v) is 19.7. The van der Waals surface area contributed by atoms with Gasteiger partial charge >= 0.3 is 0 Å². The Hall–Kier alpha value is -2.71. The molecule has 0 spiro atoms. The van der Waals surface area contributed by atoms with E-state index in [9.17, 15) is 4.79 Å². The number of hydrogen-bond acceptors (Lipinski definition) is 7. The molecule has 1 N–H and O–H groups in total. The van der Waals surface area contributed by atoms with Crippen LogP contribution in [-0.2, 0) is 5.54 Å². The van der Waals surface area contributed by atoms with E-state index in [1.807, 2.05) is 42.6 Å². The zero-order chi connectivity index (χ0) is 22.1. The third-order valence-electron chi connectivity index (χ3n) is 6.01. The van der Waals surface area contributed by atoms with Gasteiger partial charge in [0, 0.05) is 40.5 Å². The quantitative estimate of drug-likeness (QED) is 0.616. The fourth-order valence-electron chi connectivity index (χ4n) is 4.28. The van der Waals surface area contributed by atoms with Gasteiger partial charge in [0.05, 0.1) is 6.54 Å². The summed E-state index contributed by atoms with van der Waals surface area (Å²) in [5, 5.41) is 5.82. The molecule has 0 aliphatic carbocycles. The van der Waals surface area contributed by atoms with Crippen molar-refractivity contribution in [2.45, 2.75) is 25.3 Å². The molecule has 3 aromatic rings. The molecule has 8 heteroatoms. The maximum atomic E-state index is 12.7. The molecule has 1 aromatic carbocycles. The number of aromatic nitrogens is 2. The van der Waals surface area contributed by atoms with Gasteiger partial charge in [0.2, 0.25) is 5.95 Å². The van der Waals surface area contributed by atoms with Crippen LogP contribution in [0.1, 0.15) is 40.7 Å². The molecule has 2 aliphatic rings. The number of carbonyl (C=O) groups excluding carboxylic acids is 1. The molecular formula is C24H25N5OS2. The summed E-state index contributed by atoms with van der Waals surface area (Å²) in [6, 6.07) is 15.5. The SMILES string of the molecule is CC(C)c1ccnc(N2CC3CSC(NC(=O)c4ccccc4)=NC3(c3cccs3)C2)n1. The Kier molecular flexibility index (Phi) is 5.73. The molecule has 0 saturated carbocycles. The van der Waals surface area contributed by atoms with Crippen molar-refractivity contribution in [1.82, 2.24) is 15.3 Å². The Morgan fingerprint density at radius 3 is 2.78 bits per heavy atom. The van der Waals surface area contributed by atoms with Gasteiger partial charge < -0.3 is 10.2 Å². The van der Waals surface area contributed by atoms with E-state index in [1.165, 1.54) is 4.88 Å².